The smallest absolute Gasteiger partial charge is 0.161 e. The molecule has 22 heavy (non-hydrogen) atoms. The normalized spacial score (nSPS) is 11.5. The van der Waals surface area contributed by atoms with Crippen molar-refractivity contribution in [1.82, 2.24) is 5.32 Å². The maximum Gasteiger partial charge on any atom is 0.161 e. The number of rotatable bonds is 6. The first-order chi connectivity index (χ1) is 10.7. The van der Waals surface area contributed by atoms with Crippen molar-refractivity contribution in [2.24, 2.45) is 0 Å². The second-order valence-electron chi connectivity index (χ2n) is 5.03. The molecule has 0 aliphatic carbocycles. The van der Waals surface area contributed by atoms with E-state index < -0.39 is 0 Å². The third-order valence-corrected chi connectivity index (χ3v) is 3.60. The predicted octanol–water partition coefficient (Wildman–Crippen LogP) is 3.43. The van der Waals surface area contributed by atoms with Gasteiger partial charge in [0.15, 0.2) is 11.5 Å². The minimum atomic E-state index is 0.176. The number of nitriles is 1. The SMILES string of the molecule is COc1ccc([C@@H](C)NCc2ccc(C#N)cc2)cc1OC. The van der Waals surface area contributed by atoms with Crippen LogP contribution in [-0.4, -0.2) is 14.2 Å². The summed E-state index contributed by atoms with van der Waals surface area (Å²) in [7, 11) is 3.26. The van der Waals surface area contributed by atoms with E-state index in [0.717, 1.165) is 29.2 Å². The lowest BCUT2D eigenvalue weighted by atomic mass is 10.1. The summed E-state index contributed by atoms with van der Waals surface area (Å²) >= 11 is 0. The van der Waals surface area contributed by atoms with Crippen molar-refractivity contribution in [1.29, 1.82) is 5.26 Å². The van der Waals surface area contributed by atoms with Crippen molar-refractivity contribution in [3.63, 3.8) is 0 Å². The van der Waals surface area contributed by atoms with E-state index in [2.05, 4.69) is 18.3 Å². The zero-order valence-corrected chi connectivity index (χ0v) is 13.1. The van der Waals surface area contributed by atoms with E-state index in [-0.39, 0.29) is 6.04 Å². The Bertz CT molecular complexity index is 660. The van der Waals surface area contributed by atoms with Gasteiger partial charge in [-0.15, -0.1) is 0 Å². The van der Waals surface area contributed by atoms with Gasteiger partial charge in [0, 0.05) is 12.6 Å². The van der Waals surface area contributed by atoms with Crippen LogP contribution in [0.15, 0.2) is 42.5 Å². The van der Waals surface area contributed by atoms with E-state index in [9.17, 15) is 0 Å². The molecule has 0 heterocycles. The Morgan fingerprint density at radius 1 is 1.05 bits per heavy atom. The number of hydrogen-bond donors (Lipinski definition) is 1. The molecule has 2 rings (SSSR count). The Labute approximate surface area is 131 Å². The highest BCUT2D eigenvalue weighted by Crippen LogP contribution is 2.29. The molecule has 1 atom stereocenters. The lowest BCUT2D eigenvalue weighted by molar-refractivity contribution is 0.354. The average Bonchev–Trinajstić information content (AvgIpc) is 2.59. The summed E-state index contributed by atoms with van der Waals surface area (Å²) in [4.78, 5) is 0. The van der Waals surface area contributed by atoms with E-state index in [1.54, 1.807) is 14.2 Å². The maximum absolute atomic E-state index is 8.80. The molecule has 0 bridgehead atoms. The third-order valence-electron chi connectivity index (χ3n) is 3.60. The highest BCUT2D eigenvalue weighted by atomic mass is 16.5. The second kappa shape index (κ2) is 7.48. The van der Waals surface area contributed by atoms with Crippen molar-refractivity contribution in [2.75, 3.05) is 14.2 Å². The van der Waals surface area contributed by atoms with E-state index in [4.69, 9.17) is 14.7 Å². The van der Waals surface area contributed by atoms with Crippen LogP contribution in [-0.2, 0) is 6.54 Å². The summed E-state index contributed by atoms with van der Waals surface area (Å²) in [5.74, 6) is 1.46. The number of nitrogens with one attached hydrogen (secondary N) is 1. The highest BCUT2D eigenvalue weighted by molar-refractivity contribution is 5.43. The van der Waals surface area contributed by atoms with Crippen LogP contribution in [0.3, 0.4) is 0 Å². The number of benzene rings is 2. The Hall–Kier alpha value is -2.51. The average molecular weight is 296 g/mol. The molecule has 0 spiro atoms. The largest absolute Gasteiger partial charge is 0.493 e. The molecule has 0 amide bonds. The molecule has 114 valence electrons. The zero-order valence-electron chi connectivity index (χ0n) is 13.1. The highest BCUT2D eigenvalue weighted by Gasteiger charge is 2.09. The second-order valence-corrected chi connectivity index (χ2v) is 5.03. The predicted molar refractivity (Wildman–Crippen MR) is 86.0 cm³/mol. The number of hydrogen-bond acceptors (Lipinski definition) is 4. The van der Waals surface area contributed by atoms with Gasteiger partial charge < -0.3 is 14.8 Å². The molecule has 0 unspecified atom stereocenters. The molecule has 2 aromatic carbocycles. The first kappa shape index (κ1) is 15.9. The summed E-state index contributed by atoms with van der Waals surface area (Å²) in [6.45, 7) is 2.84. The topological polar surface area (TPSA) is 54.3 Å². The van der Waals surface area contributed by atoms with Gasteiger partial charge in [0.05, 0.1) is 25.9 Å². The van der Waals surface area contributed by atoms with E-state index in [1.165, 1.54) is 0 Å². The van der Waals surface area contributed by atoms with Gasteiger partial charge in [0.1, 0.15) is 0 Å². The van der Waals surface area contributed by atoms with Gasteiger partial charge in [-0.3, -0.25) is 0 Å². The Balaban J connectivity index is 2.02. The van der Waals surface area contributed by atoms with Gasteiger partial charge in [0.25, 0.3) is 0 Å². The lowest BCUT2D eigenvalue weighted by Crippen LogP contribution is -2.18. The van der Waals surface area contributed by atoms with E-state index >= 15 is 0 Å². The van der Waals surface area contributed by atoms with Crippen LogP contribution < -0.4 is 14.8 Å². The quantitative estimate of drug-likeness (QED) is 0.887. The monoisotopic (exact) mass is 296 g/mol. The minimum Gasteiger partial charge on any atom is -0.493 e. The van der Waals surface area contributed by atoms with Crippen LogP contribution in [0.4, 0.5) is 0 Å². The van der Waals surface area contributed by atoms with Gasteiger partial charge in [-0.25, -0.2) is 0 Å². The van der Waals surface area contributed by atoms with Gasteiger partial charge in [0.2, 0.25) is 0 Å². The van der Waals surface area contributed by atoms with Crippen LogP contribution in [0.25, 0.3) is 0 Å². The lowest BCUT2D eigenvalue weighted by Gasteiger charge is -2.16. The summed E-state index contributed by atoms with van der Waals surface area (Å²) < 4.78 is 10.6. The zero-order chi connectivity index (χ0) is 15.9. The fourth-order valence-corrected chi connectivity index (χ4v) is 2.21. The summed E-state index contributed by atoms with van der Waals surface area (Å²) in [6.07, 6.45) is 0. The standard InChI is InChI=1S/C18H20N2O2/c1-13(16-8-9-17(21-2)18(10-16)22-3)20-12-15-6-4-14(11-19)5-7-15/h4-10,13,20H,12H2,1-3H3/t13-/m1/s1. The fraction of sp³-hybridized carbons (Fsp3) is 0.278. The summed E-state index contributed by atoms with van der Waals surface area (Å²) in [5.41, 5.74) is 2.95. The Kier molecular flexibility index (Phi) is 5.40. The van der Waals surface area contributed by atoms with Gasteiger partial charge in [-0.05, 0) is 42.3 Å². The molecule has 0 aliphatic rings. The maximum atomic E-state index is 8.80. The van der Waals surface area contributed by atoms with Crippen LogP contribution in [0.2, 0.25) is 0 Å². The molecular weight excluding hydrogens is 276 g/mol. The van der Waals surface area contributed by atoms with Crippen LogP contribution in [0.5, 0.6) is 11.5 Å². The molecule has 2 aromatic rings. The fourth-order valence-electron chi connectivity index (χ4n) is 2.21. The van der Waals surface area contributed by atoms with E-state index in [1.807, 2.05) is 42.5 Å². The van der Waals surface area contributed by atoms with Crippen molar-refractivity contribution in [2.45, 2.75) is 19.5 Å². The number of methoxy groups -OCH3 is 2. The molecule has 0 aromatic heterocycles. The Morgan fingerprint density at radius 3 is 2.32 bits per heavy atom. The van der Waals surface area contributed by atoms with Gasteiger partial charge in [-0.2, -0.15) is 5.26 Å². The molecular formula is C18H20N2O2. The van der Waals surface area contributed by atoms with Crippen LogP contribution in [0, 0.1) is 11.3 Å². The molecule has 0 fully saturated rings. The first-order valence-corrected chi connectivity index (χ1v) is 7.12. The molecule has 4 nitrogen and oxygen atoms in total. The first-order valence-electron chi connectivity index (χ1n) is 7.12. The minimum absolute atomic E-state index is 0.176. The third kappa shape index (κ3) is 3.78. The molecule has 0 saturated heterocycles. The Morgan fingerprint density at radius 2 is 1.73 bits per heavy atom. The molecule has 0 aliphatic heterocycles. The molecule has 4 heteroatoms. The van der Waals surface area contributed by atoms with Crippen LogP contribution in [0.1, 0.15) is 29.7 Å². The van der Waals surface area contributed by atoms with Crippen molar-refractivity contribution in [3.05, 3.63) is 59.2 Å². The van der Waals surface area contributed by atoms with E-state index in [0.29, 0.717) is 5.56 Å². The summed E-state index contributed by atoms with van der Waals surface area (Å²) in [5, 5.41) is 12.3. The van der Waals surface area contributed by atoms with Gasteiger partial charge in [-0.1, -0.05) is 18.2 Å². The molecule has 0 saturated carbocycles. The molecule has 1 N–H and O–H groups in total. The van der Waals surface area contributed by atoms with Crippen molar-refractivity contribution in [3.8, 4) is 17.6 Å². The summed E-state index contributed by atoms with van der Waals surface area (Å²) in [6, 6.07) is 15.8. The number of ether oxygens (including phenoxy) is 2. The van der Waals surface area contributed by atoms with Crippen molar-refractivity contribution >= 4 is 0 Å². The number of nitrogens with zero attached hydrogens (tertiary/aromatic N) is 1. The molecule has 0 radical (unpaired) electrons. The van der Waals surface area contributed by atoms with Gasteiger partial charge >= 0.3 is 0 Å². The van der Waals surface area contributed by atoms with Crippen LogP contribution >= 0.6 is 0 Å². The van der Waals surface area contributed by atoms with Crippen molar-refractivity contribution < 1.29 is 9.47 Å².